The second-order valence-electron chi connectivity index (χ2n) is 4.36. The van der Waals surface area contributed by atoms with Gasteiger partial charge < -0.3 is 18.8 Å². The normalized spacial score (nSPS) is 12.7. The summed E-state index contributed by atoms with van der Waals surface area (Å²) in [6, 6.07) is 15.3. The highest BCUT2D eigenvalue weighted by Crippen LogP contribution is 2.77. The van der Waals surface area contributed by atoms with E-state index in [0.717, 1.165) is 0 Å². The third kappa shape index (κ3) is 4.10. The lowest BCUT2D eigenvalue weighted by molar-refractivity contribution is 0.352. The Morgan fingerprint density at radius 1 is 0.783 bits per heavy atom. The zero-order chi connectivity index (χ0) is 17.1. The monoisotopic (exact) mass is 396 g/mol. The number of halogens is 2. The first-order valence-corrected chi connectivity index (χ1v) is 10.1. The smallest absolute Gasteiger partial charge is 0.414 e. The standard InChI is InChI=1S/C13H12Cl2O6P2/c14-13(15,22(16,17)18)23(19,20-11-7-3-1-4-8-11)21-12-9-5-2-6-10-12/h1-10H,(H2,16,17,18). The summed E-state index contributed by atoms with van der Waals surface area (Å²) in [4.78, 5) is 18.7. The van der Waals surface area contributed by atoms with E-state index in [9.17, 15) is 18.9 Å². The number of para-hydroxylation sites is 2. The Hall–Kier alpha value is -1.00. The molecule has 0 bridgehead atoms. The van der Waals surface area contributed by atoms with Gasteiger partial charge in [0, 0.05) is 0 Å². The average Bonchev–Trinajstić information content (AvgIpc) is 2.48. The van der Waals surface area contributed by atoms with E-state index in [1.165, 1.54) is 24.3 Å². The van der Waals surface area contributed by atoms with Gasteiger partial charge in [-0.2, -0.15) is 0 Å². The predicted molar refractivity (Wildman–Crippen MR) is 88.2 cm³/mol. The lowest BCUT2D eigenvalue weighted by Gasteiger charge is -2.29. The molecular formula is C13H12Cl2O6P2. The fourth-order valence-electron chi connectivity index (χ4n) is 1.53. The van der Waals surface area contributed by atoms with Gasteiger partial charge in [-0.25, -0.2) is 4.57 Å². The van der Waals surface area contributed by atoms with Crippen LogP contribution >= 0.6 is 38.4 Å². The molecule has 0 unspecified atom stereocenters. The van der Waals surface area contributed by atoms with Crippen LogP contribution < -0.4 is 9.05 Å². The largest absolute Gasteiger partial charge is 0.479 e. The van der Waals surface area contributed by atoms with E-state index in [1.54, 1.807) is 36.4 Å². The fourth-order valence-corrected chi connectivity index (χ4v) is 4.52. The number of hydrogen-bond acceptors (Lipinski definition) is 4. The van der Waals surface area contributed by atoms with Crippen LogP contribution in [0.3, 0.4) is 0 Å². The molecule has 2 rings (SSSR count). The Balaban J connectivity index is 2.46. The molecule has 0 aliphatic carbocycles. The zero-order valence-electron chi connectivity index (χ0n) is 11.5. The summed E-state index contributed by atoms with van der Waals surface area (Å²) in [5.74, 6) is 0.0665. The lowest BCUT2D eigenvalue weighted by atomic mass is 10.3. The van der Waals surface area contributed by atoms with Crippen LogP contribution in [0.25, 0.3) is 0 Å². The van der Waals surface area contributed by atoms with Crippen molar-refractivity contribution in [2.45, 2.75) is 3.82 Å². The topological polar surface area (TPSA) is 93.1 Å². The van der Waals surface area contributed by atoms with Gasteiger partial charge in [-0.1, -0.05) is 59.6 Å². The number of alkyl halides is 2. The molecular weight excluding hydrogens is 385 g/mol. The van der Waals surface area contributed by atoms with Crippen molar-refractivity contribution in [2.75, 3.05) is 0 Å². The van der Waals surface area contributed by atoms with E-state index >= 15 is 0 Å². The zero-order valence-corrected chi connectivity index (χ0v) is 14.8. The van der Waals surface area contributed by atoms with Crippen LogP contribution in [0.1, 0.15) is 0 Å². The summed E-state index contributed by atoms with van der Waals surface area (Å²) >= 11 is 11.4. The van der Waals surface area contributed by atoms with Gasteiger partial charge in [0.05, 0.1) is 0 Å². The lowest BCUT2D eigenvalue weighted by Crippen LogP contribution is -2.21. The van der Waals surface area contributed by atoms with Crippen LogP contribution in [-0.2, 0) is 9.13 Å². The summed E-state index contributed by atoms with van der Waals surface area (Å²) < 4.78 is 31.9. The van der Waals surface area contributed by atoms with Crippen molar-refractivity contribution < 1.29 is 28.0 Å². The first-order chi connectivity index (χ1) is 10.7. The van der Waals surface area contributed by atoms with Crippen molar-refractivity contribution in [1.29, 1.82) is 0 Å². The minimum Gasteiger partial charge on any atom is -0.414 e. The Labute approximate surface area is 142 Å². The molecule has 0 saturated carbocycles. The molecule has 10 heteroatoms. The summed E-state index contributed by atoms with van der Waals surface area (Å²) in [6.07, 6.45) is 0. The predicted octanol–water partition coefficient (Wildman–Crippen LogP) is 4.60. The van der Waals surface area contributed by atoms with Crippen molar-refractivity contribution in [3.05, 3.63) is 60.7 Å². The highest BCUT2D eigenvalue weighted by molar-refractivity contribution is 7.79. The third-order valence-corrected chi connectivity index (χ3v) is 8.96. The molecule has 23 heavy (non-hydrogen) atoms. The summed E-state index contributed by atoms with van der Waals surface area (Å²) in [5, 5.41) is 0. The molecule has 2 aromatic carbocycles. The molecule has 0 spiro atoms. The van der Waals surface area contributed by atoms with Gasteiger partial charge in [-0.15, -0.1) is 0 Å². The molecule has 2 N–H and O–H groups in total. The van der Waals surface area contributed by atoms with Gasteiger partial charge in [0.2, 0.25) is 0 Å². The van der Waals surface area contributed by atoms with Crippen molar-refractivity contribution in [3.8, 4) is 11.5 Å². The van der Waals surface area contributed by atoms with Crippen LogP contribution in [0.4, 0.5) is 0 Å². The van der Waals surface area contributed by atoms with E-state index in [-0.39, 0.29) is 11.5 Å². The fraction of sp³-hybridized carbons (Fsp3) is 0.0769. The Kier molecular flexibility index (Phi) is 5.47. The summed E-state index contributed by atoms with van der Waals surface area (Å²) in [5.41, 5.74) is 0. The van der Waals surface area contributed by atoms with Crippen molar-refractivity contribution in [1.82, 2.24) is 0 Å². The van der Waals surface area contributed by atoms with Gasteiger partial charge in [-0.05, 0) is 24.3 Å². The van der Waals surface area contributed by atoms with Crippen LogP contribution in [0.5, 0.6) is 11.5 Å². The van der Waals surface area contributed by atoms with Crippen LogP contribution in [0.2, 0.25) is 0 Å². The van der Waals surface area contributed by atoms with E-state index in [4.69, 9.17) is 32.2 Å². The minimum atomic E-state index is -5.25. The quantitative estimate of drug-likeness (QED) is 0.547. The first kappa shape index (κ1) is 18.3. The minimum absolute atomic E-state index is 0.0332. The van der Waals surface area contributed by atoms with Crippen LogP contribution in [0, 0.1) is 0 Å². The number of benzene rings is 2. The van der Waals surface area contributed by atoms with E-state index in [1.807, 2.05) is 0 Å². The van der Waals surface area contributed by atoms with Crippen molar-refractivity contribution in [3.63, 3.8) is 0 Å². The molecule has 0 aliphatic heterocycles. The summed E-state index contributed by atoms with van der Waals surface area (Å²) in [6.45, 7) is 0. The van der Waals surface area contributed by atoms with Crippen molar-refractivity contribution in [2.24, 2.45) is 0 Å². The Bertz CT molecular complexity index is 702. The molecule has 0 radical (unpaired) electrons. The molecule has 0 aromatic heterocycles. The average molecular weight is 397 g/mol. The summed E-state index contributed by atoms with van der Waals surface area (Å²) in [7, 11) is -9.97. The van der Waals surface area contributed by atoms with Crippen molar-refractivity contribution >= 4 is 38.4 Å². The van der Waals surface area contributed by atoms with E-state index in [0.29, 0.717) is 0 Å². The molecule has 6 nitrogen and oxygen atoms in total. The van der Waals surface area contributed by atoms with Gasteiger partial charge >= 0.3 is 19.0 Å². The molecule has 0 amide bonds. The van der Waals surface area contributed by atoms with Gasteiger partial charge in [0.1, 0.15) is 11.5 Å². The van der Waals surface area contributed by atoms with Gasteiger partial charge in [-0.3, -0.25) is 4.57 Å². The number of hydrogen-bond donors (Lipinski definition) is 2. The van der Waals surface area contributed by atoms with E-state index < -0.39 is 19.0 Å². The molecule has 0 heterocycles. The van der Waals surface area contributed by atoms with Gasteiger partial charge in [0.15, 0.2) is 0 Å². The SMILES string of the molecule is O=P(O)(O)C(Cl)(Cl)P(=O)(Oc1ccccc1)Oc1ccccc1. The third-order valence-electron chi connectivity index (χ3n) is 2.62. The number of rotatable bonds is 6. The first-order valence-electron chi connectivity index (χ1n) is 6.19. The molecule has 0 aliphatic rings. The van der Waals surface area contributed by atoms with Gasteiger partial charge in [0.25, 0.3) is 0 Å². The Morgan fingerprint density at radius 3 is 1.43 bits per heavy atom. The molecule has 0 fully saturated rings. The maximum absolute atomic E-state index is 13.0. The van der Waals surface area contributed by atoms with Crippen LogP contribution in [-0.4, -0.2) is 13.6 Å². The second kappa shape index (κ2) is 6.86. The molecule has 0 saturated heterocycles. The molecule has 0 atom stereocenters. The maximum atomic E-state index is 13.0. The highest BCUT2D eigenvalue weighted by Gasteiger charge is 2.64. The van der Waals surface area contributed by atoms with E-state index in [2.05, 4.69) is 0 Å². The molecule has 2 aromatic rings. The second-order valence-corrected chi connectivity index (χ2v) is 10.9. The molecule has 124 valence electrons. The Morgan fingerprint density at radius 2 is 1.13 bits per heavy atom. The maximum Gasteiger partial charge on any atom is 0.479 e. The highest BCUT2D eigenvalue weighted by atomic mass is 35.5. The van der Waals surface area contributed by atoms with Crippen LogP contribution in [0.15, 0.2) is 60.7 Å².